The van der Waals surface area contributed by atoms with Gasteiger partial charge in [0.25, 0.3) is 0 Å². The molecule has 1 heterocycles. The van der Waals surface area contributed by atoms with E-state index in [-0.39, 0.29) is 16.9 Å². The second kappa shape index (κ2) is 5.43. The highest BCUT2D eigenvalue weighted by atomic mass is 19.4. The number of pyridine rings is 1. The van der Waals surface area contributed by atoms with E-state index in [2.05, 4.69) is 10.3 Å². The zero-order valence-corrected chi connectivity index (χ0v) is 10.9. The van der Waals surface area contributed by atoms with E-state index in [0.29, 0.717) is 5.56 Å². The van der Waals surface area contributed by atoms with Gasteiger partial charge in [0, 0.05) is 18.8 Å². The molecule has 2 aromatic rings. The Morgan fingerprint density at radius 3 is 2.29 bits per heavy atom. The van der Waals surface area contributed by atoms with Crippen molar-refractivity contribution in [3.63, 3.8) is 0 Å². The van der Waals surface area contributed by atoms with E-state index in [9.17, 15) is 18.0 Å². The summed E-state index contributed by atoms with van der Waals surface area (Å²) in [4.78, 5) is 14.5. The third kappa shape index (κ3) is 3.13. The number of benzene rings is 1. The molecule has 0 aliphatic carbocycles. The summed E-state index contributed by atoms with van der Waals surface area (Å²) >= 11 is 0. The van der Waals surface area contributed by atoms with Crippen molar-refractivity contribution in [3.8, 4) is 11.1 Å². The van der Waals surface area contributed by atoms with E-state index in [1.165, 1.54) is 37.5 Å². The summed E-state index contributed by atoms with van der Waals surface area (Å²) in [6.07, 6.45) is -3.22. The van der Waals surface area contributed by atoms with Crippen LogP contribution in [0.25, 0.3) is 11.1 Å². The van der Waals surface area contributed by atoms with Gasteiger partial charge in [-0.25, -0.2) is 9.78 Å². The number of aromatic carboxylic acids is 1. The zero-order valence-electron chi connectivity index (χ0n) is 10.9. The molecule has 7 heteroatoms. The molecule has 0 fully saturated rings. The van der Waals surface area contributed by atoms with Crippen LogP contribution in [-0.4, -0.2) is 23.1 Å². The lowest BCUT2D eigenvalue weighted by molar-refractivity contribution is -0.137. The number of halogens is 3. The van der Waals surface area contributed by atoms with Gasteiger partial charge in [0.05, 0.1) is 11.1 Å². The first-order valence-electron chi connectivity index (χ1n) is 5.91. The fourth-order valence-electron chi connectivity index (χ4n) is 1.84. The van der Waals surface area contributed by atoms with Crippen LogP contribution in [0.2, 0.25) is 0 Å². The third-order valence-corrected chi connectivity index (χ3v) is 2.90. The maximum absolute atomic E-state index is 12.9. The van der Waals surface area contributed by atoms with Crippen molar-refractivity contribution in [1.29, 1.82) is 0 Å². The summed E-state index contributed by atoms with van der Waals surface area (Å²) in [5.41, 5.74) is -0.0849. The van der Waals surface area contributed by atoms with Crippen LogP contribution >= 0.6 is 0 Å². The molecule has 0 amide bonds. The maximum atomic E-state index is 12.9. The quantitative estimate of drug-likeness (QED) is 0.910. The van der Waals surface area contributed by atoms with Crippen molar-refractivity contribution in [2.75, 3.05) is 12.4 Å². The number of nitrogens with one attached hydrogen (secondary N) is 1. The summed E-state index contributed by atoms with van der Waals surface area (Å²) in [6, 6.07) is 6.53. The molecule has 0 aliphatic heterocycles. The fourth-order valence-corrected chi connectivity index (χ4v) is 1.84. The predicted octanol–water partition coefficient (Wildman–Crippen LogP) is 3.51. The van der Waals surface area contributed by atoms with Gasteiger partial charge in [0.2, 0.25) is 0 Å². The van der Waals surface area contributed by atoms with Gasteiger partial charge in [-0.1, -0.05) is 12.1 Å². The van der Waals surface area contributed by atoms with Crippen LogP contribution in [-0.2, 0) is 6.18 Å². The molecule has 1 aromatic carbocycles. The highest BCUT2D eigenvalue weighted by Gasteiger charge is 2.34. The normalized spacial score (nSPS) is 11.2. The predicted molar refractivity (Wildman–Crippen MR) is 71.2 cm³/mol. The smallest absolute Gasteiger partial charge is 0.419 e. The standard InChI is InChI=1S/C14H11F3N2O2/c1-18-12-11(14(15,16)17)6-10(7-19-12)8-2-4-9(5-3-8)13(20)21/h2-7H,1H3,(H,18,19)(H,20,21). The second-order valence-electron chi connectivity index (χ2n) is 4.25. The molecular formula is C14H11F3N2O2. The van der Waals surface area contributed by atoms with E-state index >= 15 is 0 Å². The van der Waals surface area contributed by atoms with Crippen molar-refractivity contribution < 1.29 is 23.1 Å². The van der Waals surface area contributed by atoms with Gasteiger partial charge in [-0.3, -0.25) is 0 Å². The largest absolute Gasteiger partial charge is 0.478 e. The van der Waals surface area contributed by atoms with Crippen molar-refractivity contribution in [2.45, 2.75) is 6.18 Å². The second-order valence-corrected chi connectivity index (χ2v) is 4.25. The average Bonchev–Trinajstić information content (AvgIpc) is 2.45. The van der Waals surface area contributed by atoms with Gasteiger partial charge in [-0.2, -0.15) is 13.2 Å². The molecule has 2 N–H and O–H groups in total. The Hall–Kier alpha value is -2.57. The van der Waals surface area contributed by atoms with Crippen LogP contribution in [0.15, 0.2) is 36.5 Å². The molecule has 0 saturated carbocycles. The van der Waals surface area contributed by atoms with Gasteiger partial charge in [0.15, 0.2) is 0 Å². The number of hydrogen-bond acceptors (Lipinski definition) is 3. The Labute approximate surface area is 118 Å². The van der Waals surface area contributed by atoms with Gasteiger partial charge in [0.1, 0.15) is 5.82 Å². The summed E-state index contributed by atoms with van der Waals surface area (Å²) in [5, 5.41) is 11.2. The minimum atomic E-state index is -4.53. The molecule has 0 aliphatic rings. The minimum Gasteiger partial charge on any atom is -0.478 e. The van der Waals surface area contributed by atoms with Crippen LogP contribution in [0.5, 0.6) is 0 Å². The topological polar surface area (TPSA) is 62.2 Å². The van der Waals surface area contributed by atoms with Gasteiger partial charge < -0.3 is 10.4 Å². The summed E-state index contributed by atoms with van der Waals surface area (Å²) in [5.74, 6) is -1.35. The lowest BCUT2D eigenvalue weighted by Crippen LogP contribution is -2.10. The SMILES string of the molecule is CNc1ncc(-c2ccc(C(=O)O)cc2)cc1C(F)(F)F. The average molecular weight is 296 g/mol. The van der Waals surface area contributed by atoms with Crippen molar-refractivity contribution >= 4 is 11.8 Å². The molecule has 0 atom stereocenters. The lowest BCUT2D eigenvalue weighted by atomic mass is 10.0. The number of anilines is 1. The monoisotopic (exact) mass is 296 g/mol. The van der Waals surface area contributed by atoms with Crippen molar-refractivity contribution in [3.05, 3.63) is 47.7 Å². The number of carbonyl (C=O) groups is 1. The van der Waals surface area contributed by atoms with E-state index < -0.39 is 17.7 Å². The molecular weight excluding hydrogens is 285 g/mol. The number of rotatable bonds is 3. The first kappa shape index (κ1) is 14.8. The zero-order chi connectivity index (χ0) is 15.6. The summed E-state index contributed by atoms with van der Waals surface area (Å²) in [6.45, 7) is 0. The summed E-state index contributed by atoms with van der Waals surface area (Å²) in [7, 11) is 1.36. The van der Waals surface area contributed by atoms with Gasteiger partial charge in [-0.05, 0) is 23.8 Å². The van der Waals surface area contributed by atoms with E-state index in [0.717, 1.165) is 6.07 Å². The minimum absolute atomic E-state index is 0.0644. The van der Waals surface area contributed by atoms with E-state index in [1.54, 1.807) is 0 Å². The Morgan fingerprint density at radius 2 is 1.81 bits per heavy atom. The maximum Gasteiger partial charge on any atom is 0.419 e. The Kier molecular flexibility index (Phi) is 3.84. The molecule has 4 nitrogen and oxygen atoms in total. The van der Waals surface area contributed by atoms with E-state index in [4.69, 9.17) is 5.11 Å². The highest BCUT2D eigenvalue weighted by Crippen LogP contribution is 2.36. The molecule has 0 radical (unpaired) electrons. The Morgan fingerprint density at radius 1 is 1.19 bits per heavy atom. The van der Waals surface area contributed by atoms with Crippen LogP contribution in [0.3, 0.4) is 0 Å². The van der Waals surface area contributed by atoms with Gasteiger partial charge in [-0.15, -0.1) is 0 Å². The Bertz CT molecular complexity index is 667. The third-order valence-electron chi connectivity index (χ3n) is 2.90. The van der Waals surface area contributed by atoms with Crippen LogP contribution in [0, 0.1) is 0 Å². The number of carboxylic acid groups (broad SMARTS) is 1. The van der Waals surface area contributed by atoms with Gasteiger partial charge >= 0.3 is 12.1 Å². The number of alkyl halides is 3. The number of carboxylic acids is 1. The first-order valence-corrected chi connectivity index (χ1v) is 5.91. The van der Waals surface area contributed by atoms with E-state index in [1.807, 2.05) is 0 Å². The molecule has 0 unspecified atom stereocenters. The van der Waals surface area contributed by atoms with Crippen molar-refractivity contribution in [2.24, 2.45) is 0 Å². The number of hydrogen-bond donors (Lipinski definition) is 2. The van der Waals surface area contributed by atoms with Crippen LogP contribution < -0.4 is 5.32 Å². The van der Waals surface area contributed by atoms with Crippen LogP contribution in [0.1, 0.15) is 15.9 Å². The van der Waals surface area contributed by atoms with Crippen LogP contribution in [0.4, 0.5) is 19.0 Å². The molecule has 0 bridgehead atoms. The number of nitrogens with zero attached hydrogens (tertiary/aromatic N) is 1. The van der Waals surface area contributed by atoms with Crippen molar-refractivity contribution in [1.82, 2.24) is 4.98 Å². The molecule has 21 heavy (non-hydrogen) atoms. The molecule has 0 saturated heterocycles. The summed E-state index contributed by atoms with van der Waals surface area (Å²) < 4.78 is 38.8. The molecule has 110 valence electrons. The molecule has 2 rings (SSSR count). The Balaban J connectivity index is 2.47. The molecule has 1 aromatic heterocycles. The fraction of sp³-hybridized carbons (Fsp3) is 0.143. The lowest BCUT2D eigenvalue weighted by Gasteiger charge is -2.13. The first-order chi connectivity index (χ1) is 9.82. The molecule has 0 spiro atoms. The highest BCUT2D eigenvalue weighted by molar-refractivity contribution is 5.88. The number of aromatic nitrogens is 1.